The number of thiazole rings is 1. The van der Waals surface area contributed by atoms with Gasteiger partial charge in [0.2, 0.25) is 0 Å². The summed E-state index contributed by atoms with van der Waals surface area (Å²) in [5, 5.41) is 5.16. The van der Waals surface area contributed by atoms with Crippen LogP contribution in [0.2, 0.25) is 0 Å². The Morgan fingerprint density at radius 1 is 1.21 bits per heavy atom. The molecule has 6 nitrogen and oxygen atoms in total. The molecule has 3 aromatic rings. The zero-order valence-corrected chi connectivity index (χ0v) is 14.0. The largest absolute Gasteiger partial charge is 0.497 e. The third-order valence-electron chi connectivity index (χ3n) is 3.33. The Labute approximate surface area is 143 Å². The maximum atomic E-state index is 12.5. The van der Waals surface area contributed by atoms with E-state index >= 15 is 0 Å². The molecule has 0 saturated carbocycles. The summed E-state index contributed by atoms with van der Waals surface area (Å²) in [5.41, 5.74) is 2.05. The van der Waals surface area contributed by atoms with Gasteiger partial charge in [0.15, 0.2) is 5.13 Å². The monoisotopic (exact) mass is 341 g/mol. The number of anilines is 1. The molecule has 1 N–H and O–H groups in total. The van der Waals surface area contributed by atoms with E-state index in [2.05, 4.69) is 15.3 Å². The number of aromatic nitrogens is 2. The van der Waals surface area contributed by atoms with Crippen LogP contribution in [0.1, 0.15) is 10.4 Å². The number of benzene rings is 1. The highest BCUT2D eigenvalue weighted by Crippen LogP contribution is 2.27. The smallest absolute Gasteiger partial charge is 0.261 e. The van der Waals surface area contributed by atoms with Gasteiger partial charge in [0, 0.05) is 23.3 Å². The SMILES string of the molecule is COc1ccc(OC)c(C(=O)Nc2nc(-c3cccnc3)cs2)c1. The molecule has 0 unspecified atom stereocenters. The maximum Gasteiger partial charge on any atom is 0.261 e. The van der Waals surface area contributed by atoms with Crippen LogP contribution < -0.4 is 14.8 Å². The predicted octanol–water partition coefficient (Wildman–Crippen LogP) is 3.47. The van der Waals surface area contributed by atoms with Crippen molar-refractivity contribution in [2.45, 2.75) is 0 Å². The molecule has 0 aliphatic rings. The van der Waals surface area contributed by atoms with E-state index in [9.17, 15) is 4.79 Å². The topological polar surface area (TPSA) is 73.3 Å². The molecule has 24 heavy (non-hydrogen) atoms. The van der Waals surface area contributed by atoms with Crippen molar-refractivity contribution in [1.29, 1.82) is 0 Å². The van der Waals surface area contributed by atoms with E-state index in [0.717, 1.165) is 11.3 Å². The second kappa shape index (κ2) is 7.10. The van der Waals surface area contributed by atoms with E-state index in [0.29, 0.717) is 22.2 Å². The quantitative estimate of drug-likeness (QED) is 0.769. The number of hydrogen-bond donors (Lipinski definition) is 1. The number of hydrogen-bond acceptors (Lipinski definition) is 6. The Morgan fingerprint density at radius 3 is 2.79 bits per heavy atom. The third kappa shape index (κ3) is 3.36. The average molecular weight is 341 g/mol. The predicted molar refractivity (Wildman–Crippen MR) is 92.8 cm³/mol. The van der Waals surface area contributed by atoms with Gasteiger partial charge in [-0.25, -0.2) is 4.98 Å². The molecular weight excluding hydrogens is 326 g/mol. The summed E-state index contributed by atoms with van der Waals surface area (Å²) in [7, 11) is 3.06. The third-order valence-corrected chi connectivity index (χ3v) is 4.09. The maximum absolute atomic E-state index is 12.5. The van der Waals surface area contributed by atoms with Crippen LogP contribution in [-0.2, 0) is 0 Å². The van der Waals surface area contributed by atoms with Crippen LogP contribution >= 0.6 is 11.3 Å². The summed E-state index contributed by atoms with van der Waals surface area (Å²) in [4.78, 5) is 21.0. The molecule has 0 spiro atoms. The molecule has 0 atom stereocenters. The van der Waals surface area contributed by atoms with Gasteiger partial charge in [0.05, 0.1) is 25.5 Å². The molecule has 0 bridgehead atoms. The molecule has 1 aromatic carbocycles. The summed E-state index contributed by atoms with van der Waals surface area (Å²) >= 11 is 1.35. The van der Waals surface area contributed by atoms with Crippen LogP contribution in [0.25, 0.3) is 11.3 Å². The number of methoxy groups -OCH3 is 2. The first-order chi connectivity index (χ1) is 11.7. The van der Waals surface area contributed by atoms with Crippen molar-refractivity contribution in [2.75, 3.05) is 19.5 Å². The van der Waals surface area contributed by atoms with Crippen molar-refractivity contribution >= 4 is 22.4 Å². The molecular formula is C17H15N3O3S. The van der Waals surface area contributed by atoms with Gasteiger partial charge >= 0.3 is 0 Å². The number of nitrogens with one attached hydrogen (secondary N) is 1. The fraction of sp³-hybridized carbons (Fsp3) is 0.118. The lowest BCUT2D eigenvalue weighted by Gasteiger charge is -2.09. The van der Waals surface area contributed by atoms with Crippen molar-refractivity contribution in [3.8, 4) is 22.8 Å². The second-order valence-corrected chi connectivity index (χ2v) is 5.66. The fourth-order valence-electron chi connectivity index (χ4n) is 2.13. The zero-order chi connectivity index (χ0) is 16.9. The molecule has 2 heterocycles. The Balaban J connectivity index is 1.82. The molecule has 122 valence electrons. The first-order valence-corrected chi connectivity index (χ1v) is 7.98. The zero-order valence-electron chi connectivity index (χ0n) is 13.1. The van der Waals surface area contributed by atoms with E-state index in [1.54, 1.807) is 37.7 Å². The second-order valence-electron chi connectivity index (χ2n) is 4.80. The molecule has 0 aliphatic carbocycles. The summed E-state index contributed by atoms with van der Waals surface area (Å²) in [5.74, 6) is 0.742. The lowest BCUT2D eigenvalue weighted by molar-refractivity contribution is 0.102. The summed E-state index contributed by atoms with van der Waals surface area (Å²) in [6.45, 7) is 0. The van der Waals surface area contributed by atoms with Gasteiger partial charge in [-0.3, -0.25) is 15.1 Å². The first-order valence-electron chi connectivity index (χ1n) is 7.10. The molecule has 0 fully saturated rings. The Bertz CT molecular complexity index is 849. The lowest BCUT2D eigenvalue weighted by Crippen LogP contribution is -2.13. The van der Waals surface area contributed by atoms with Crippen LogP contribution in [0.5, 0.6) is 11.5 Å². The van der Waals surface area contributed by atoms with Crippen LogP contribution in [-0.4, -0.2) is 30.1 Å². The van der Waals surface area contributed by atoms with E-state index in [-0.39, 0.29) is 5.91 Å². The highest BCUT2D eigenvalue weighted by Gasteiger charge is 2.15. The van der Waals surface area contributed by atoms with Crippen LogP contribution in [0.3, 0.4) is 0 Å². The van der Waals surface area contributed by atoms with Crippen LogP contribution in [0.15, 0.2) is 48.1 Å². The highest BCUT2D eigenvalue weighted by molar-refractivity contribution is 7.14. The van der Waals surface area contributed by atoms with Crippen LogP contribution in [0, 0.1) is 0 Å². The minimum atomic E-state index is -0.308. The summed E-state index contributed by atoms with van der Waals surface area (Å²) < 4.78 is 10.4. The van der Waals surface area contributed by atoms with Crippen molar-refractivity contribution in [2.24, 2.45) is 0 Å². The lowest BCUT2D eigenvalue weighted by atomic mass is 10.1. The fourth-order valence-corrected chi connectivity index (χ4v) is 2.85. The minimum absolute atomic E-state index is 0.308. The van der Waals surface area contributed by atoms with Gasteiger partial charge in [-0.15, -0.1) is 11.3 Å². The molecule has 0 aliphatic heterocycles. The van der Waals surface area contributed by atoms with Gasteiger partial charge in [-0.05, 0) is 30.3 Å². The summed E-state index contributed by atoms with van der Waals surface area (Å²) in [6, 6.07) is 8.81. The van der Waals surface area contributed by atoms with Gasteiger partial charge in [0.25, 0.3) is 5.91 Å². The molecule has 0 radical (unpaired) electrons. The Kier molecular flexibility index (Phi) is 4.72. The standard InChI is InChI=1S/C17H15N3O3S/c1-22-12-5-6-15(23-2)13(8-12)16(21)20-17-19-14(10-24-17)11-4-3-7-18-9-11/h3-10H,1-2H3,(H,19,20,21). The number of rotatable bonds is 5. The van der Waals surface area contributed by atoms with Gasteiger partial charge in [-0.2, -0.15) is 0 Å². The molecule has 2 aromatic heterocycles. The summed E-state index contributed by atoms with van der Waals surface area (Å²) in [6.07, 6.45) is 3.43. The highest BCUT2D eigenvalue weighted by atomic mass is 32.1. The minimum Gasteiger partial charge on any atom is -0.497 e. The number of nitrogens with zero attached hydrogens (tertiary/aromatic N) is 2. The van der Waals surface area contributed by atoms with Crippen molar-refractivity contribution in [3.05, 3.63) is 53.7 Å². The van der Waals surface area contributed by atoms with Gasteiger partial charge < -0.3 is 9.47 Å². The number of amides is 1. The van der Waals surface area contributed by atoms with E-state index in [1.807, 2.05) is 17.5 Å². The molecule has 0 saturated heterocycles. The van der Waals surface area contributed by atoms with Crippen molar-refractivity contribution in [3.63, 3.8) is 0 Å². The van der Waals surface area contributed by atoms with E-state index < -0.39 is 0 Å². The number of pyridine rings is 1. The van der Waals surface area contributed by atoms with Crippen molar-refractivity contribution in [1.82, 2.24) is 9.97 Å². The van der Waals surface area contributed by atoms with Crippen molar-refractivity contribution < 1.29 is 14.3 Å². The van der Waals surface area contributed by atoms with Crippen LogP contribution in [0.4, 0.5) is 5.13 Å². The molecule has 7 heteroatoms. The number of ether oxygens (including phenoxy) is 2. The average Bonchev–Trinajstić information content (AvgIpc) is 3.10. The molecule has 3 rings (SSSR count). The Morgan fingerprint density at radius 2 is 2.08 bits per heavy atom. The number of carbonyl (C=O) groups is 1. The first kappa shape index (κ1) is 15.9. The van der Waals surface area contributed by atoms with E-state index in [1.165, 1.54) is 18.4 Å². The molecule has 1 amide bonds. The van der Waals surface area contributed by atoms with E-state index in [4.69, 9.17) is 9.47 Å². The number of carbonyl (C=O) groups excluding carboxylic acids is 1. The Hall–Kier alpha value is -2.93. The normalized spacial score (nSPS) is 10.2. The van der Waals surface area contributed by atoms with Gasteiger partial charge in [0.1, 0.15) is 11.5 Å². The van der Waals surface area contributed by atoms with Gasteiger partial charge in [-0.1, -0.05) is 0 Å².